The molecule has 1 aromatic heterocycles. The van der Waals surface area contributed by atoms with E-state index in [0.717, 1.165) is 35.5 Å². The van der Waals surface area contributed by atoms with Gasteiger partial charge in [0.1, 0.15) is 29.6 Å². The fraction of sp³-hybridized carbons (Fsp3) is 0.448. The van der Waals surface area contributed by atoms with Gasteiger partial charge in [0.15, 0.2) is 0 Å². The number of thioether (sulfide) groups is 1. The van der Waals surface area contributed by atoms with Gasteiger partial charge in [-0.3, -0.25) is 4.57 Å². The minimum absolute atomic E-state index is 0.134. The van der Waals surface area contributed by atoms with Crippen LogP contribution in [0.15, 0.2) is 65.6 Å². The average molecular weight is 558 g/mol. The van der Waals surface area contributed by atoms with E-state index in [0.29, 0.717) is 32.8 Å². The molecule has 39 heavy (non-hydrogen) atoms. The maximum Gasteiger partial charge on any atom is 0.349 e. The van der Waals surface area contributed by atoms with Gasteiger partial charge in [-0.2, -0.15) is 4.98 Å². The van der Waals surface area contributed by atoms with E-state index in [9.17, 15) is 4.79 Å². The fourth-order valence-corrected chi connectivity index (χ4v) is 6.14. The standard InChI is InChI=1S/C29H36FN3O5S/c1-35-22-10-6-20(7-11-22)17-37-19-25-28(38-18-21-8-12-23(36-2)13-9-21)27(30)24(39-25)5-3-4-15-33-16-14-26(31)32-29(33)34/h6-14,16,24-25,27-28H,3-5,15,17-19H2,1-2H3,(H2,31,32,34)/t24?,25-,27-,28?/m1/s1. The van der Waals surface area contributed by atoms with Crippen LogP contribution in [0, 0.1) is 0 Å². The molecule has 0 bridgehead atoms. The molecule has 2 N–H and O–H groups in total. The second-order valence-corrected chi connectivity index (χ2v) is 11.0. The Kier molecular flexibility index (Phi) is 10.6. The maximum atomic E-state index is 15.7. The van der Waals surface area contributed by atoms with E-state index in [1.54, 1.807) is 38.2 Å². The zero-order valence-corrected chi connectivity index (χ0v) is 23.1. The molecule has 8 nitrogen and oxygen atoms in total. The number of methoxy groups -OCH3 is 2. The van der Waals surface area contributed by atoms with E-state index in [-0.39, 0.29) is 22.0 Å². The van der Waals surface area contributed by atoms with Crippen LogP contribution in [-0.2, 0) is 29.2 Å². The summed E-state index contributed by atoms with van der Waals surface area (Å²) in [6, 6.07) is 16.9. The zero-order chi connectivity index (χ0) is 27.6. The van der Waals surface area contributed by atoms with E-state index in [1.807, 2.05) is 48.5 Å². The number of ether oxygens (including phenoxy) is 4. The summed E-state index contributed by atoms with van der Waals surface area (Å²) in [5.41, 5.74) is 7.17. The molecule has 0 radical (unpaired) electrons. The van der Waals surface area contributed by atoms with Crippen LogP contribution in [0.4, 0.5) is 10.2 Å². The van der Waals surface area contributed by atoms with E-state index >= 15 is 4.39 Å². The van der Waals surface area contributed by atoms with Crippen molar-refractivity contribution < 1.29 is 23.3 Å². The zero-order valence-electron chi connectivity index (χ0n) is 22.3. The van der Waals surface area contributed by atoms with Gasteiger partial charge in [0, 0.05) is 18.0 Å². The van der Waals surface area contributed by atoms with Crippen LogP contribution in [0.3, 0.4) is 0 Å². The van der Waals surface area contributed by atoms with Crippen molar-refractivity contribution in [1.29, 1.82) is 0 Å². The lowest BCUT2D eigenvalue weighted by Gasteiger charge is -2.21. The third kappa shape index (κ3) is 8.20. The molecule has 2 aromatic carbocycles. The number of aryl methyl sites for hydroxylation is 1. The quantitative estimate of drug-likeness (QED) is 0.287. The molecular formula is C29H36FN3O5S. The summed E-state index contributed by atoms with van der Waals surface area (Å²) in [5, 5.41) is -0.341. The third-order valence-electron chi connectivity index (χ3n) is 6.73. The maximum absolute atomic E-state index is 15.7. The molecule has 2 heterocycles. The van der Waals surface area contributed by atoms with Crippen LogP contribution in [-0.4, -0.2) is 53.2 Å². The highest BCUT2D eigenvalue weighted by Crippen LogP contribution is 2.41. The van der Waals surface area contributed by atoms with Crippen molar-refractivity contribution in [3.8, 4) is 11.5 Å². The Bertz CT molecular complexity index is 1220. The van der Waals surface area contributed by atoms with Crippen molar-refractivity contribution in [2.75, 3.05) is 26.6 Å². The molecule has 4 rings (SSSR count). The Morgan fingerprint density at radius 2 is 1.56 bits per heavy atom. The molecule has 4 atom stereocenters. The third-order valence-corrected chi connectivity index (χ3v) is 8.33. The van der Waals surface area contributed by atoms with Gasteiger partial charge in [0.05, 0.1) is 39.3 Å². The first-order chi connectivity index (χ1) is 19.0. The monoisotopic (exact) mass is 557 g/mol. The van der Waals surface area contributed by atoms with Gasteiger partial charge < -0.3 is 24.7 Å². The SMILES string of the molecule is COc1ccc(COC[C@H]2SC(CCCCn3ccc(N)nc3=O)[C@@H](F)C2OCc2ccc(OC)cc2)cc1. The number of hydrogen-bond acceptors (Lipinski definition) is 8. The highest BCUT2D eigenvalue weighted by atomic mass is 32.2. The molecular weight excluding hydrogens is 521 g/mol. The van der Waals surface area contributed by atoms with E-state index in [1.165, 1.54) is 4.57 Å². The molecule has 1 aliphatic rings. The van der Waals surface area contributed by atoms with Crippen molar-refractivity contribution in [3.05, 3.63) is 82.4 Å². The van der Waals surface area contributed by atoms with Crippen molar-refractivity contribution in [2.45, 2.75) is 61.8 Å². The number of unbranched alkanes of at least 4 members (excludes halogenated alkanes) is 1. The molecule has 0 saturated carbocycles. The number of hydrogen-bond donors (Lipinski definition) is 1. The molecule has 210 valence electrons. The minimum atomic E-state index is -1.12. The summed E-state index contributed by atoms with van der Waals surface area (Å²) in [6.45, 7) is 1.64. The van der Waals surface area contributed by atoms with Crippen LogP contribution < -0.4 is 20.9 Å². The van der Waals surface area contributed by atoms with E-state index < -0.39 is 12.3 Å². The smallest absolute Gasteiger partial charge is 0.349 e. The highest BCUT2D eigenvalue weighted by Gasteiger charge is 2.45. The normalized spacial score (nSPS) is 20.7. The number of nitrogens with zero attached hydrogens (tertiary/aromatic N) is 2. The van der Waals surface area contributed by atoms with Gasteiger partial charge in [-0.05, 0) is 54.3 Å². The molecule has 0 spiro atoms. The molecule has 0 amide bonds. The second kappa shape index (κ2) is 14.3. The average Bonchev–Trinajstić information content (AvgIpc) is 3.25. The van der Waals surface area contributed by atoms with Crippen LogP contribution in [0.1, 0.15) is 30.4 Å². The van der Waals surface area contributed by atoms with E-state index in [4.69, 9.17) is 24.7 Å². The van der Waals surface area contributed by atoms with Crippen molar-refractivity contribution in [3.63, 3.8) is 0 Å². The van der Waals surface area contributed by atoms with E-state index in [2.05, 4.69) is 4.98 Å². The first kappa shape index (κ1) is 28.9. The largest absolute Gasteiger partial charge is 0.497 e. The lowest BCUT2D eigenvalue weighted by atomic mass is 10.0. The lowest BCUT2D eigenvalue weighted by molar-refractivity contribution is -0.0224. The minimum Gasteiger partial charge on any atom is -0.497 e. The summed E-state index contributed by atoms with van der Waals surface area (Å²) >= 11 is 1.60. The Morgan fingerprint density at radius 1 is 0.923 bits per heavy atom. The number of alkyl halides is 1. The van der Waals surface area contributed by atoms with Crippen LogP contribution in [0.25, 0.3) is 0 Å². The van der Waals surface area contributed by atoms with Crippen LogP contribution in [0.5, 0.6) is 11.5 Å². The van der Waals surface area contributed by atoms with Crippen molar-refractivity contribution >= 4 is 17.6 Å². The predicted octanol–water partition coefficient (Wildman–Crippen LogP) is 4.64. The number of nitrogen functional groups attached to an aromatic ring is 1. The first-order valence-corrected chi connectivity index (χ1v) is 14.0. The Labute approximate surface area is 232 Å². The topological polar surface area (TPSA) is 97.8 Å². The Balaban J connectivity index is 1.32. The van der Waals surface area contributed by atoms with Gasteiger partial charge in [-0.25, -0.2) is 9.18 Å². The summed E-state index contributed by atoms with van der Waals surface area (Å²) in [7, 11) is 3.25. The van der Waals surface area contributed by atoms with Gasteiger partial charge in [0.25, 0.3) is 0 Å². The Morgan fingerprint density at radius 3 is 2.18 bits per heavy atom. The van der Waals surface area contributed by atoms with Crippen LogP contribution in [0.2, 0.25) is 0 Å². The second-order valence-electron chi connectivity index (χ2n) is 9.47. The van der Waals surface area contributed by atoms with Gasteiger partial charge in [0.2, 0.25) is 0 Å². The van der Waals surface area contributed by atoms with Crippen molar-refractivity contribution in [1.82, 2.24) is 9.55 Å². The summed E-state index contributed by atoms with van der Waals surface area (Å²) in [5.74, 6) is 1.76. The first-order valence-electron chi connectivity index (χ1n) is 13.0. The molecule has 1 aliphatic heterocycles. The number of aromatic nitrogens is 2. The van der Waals surface area contributed by atoms with Crippen LogP contribution >= 0.6 is 11.8 Å². The lowest BCUT2D eigenvalue weighted by Crippen LogP contribution is -2.34. The van der Waals surface area contributed by atoms with Gasteiger partial charge >= 0.3 is 5.69 Å². The fourth-order valence-electron chi connectivity index (χ4n) is 4.52. The van der Waals surface area contributed by atoms with Crippen molar-refractivity contribution in [2.24, 2.45) is 0 Å². The van der Waals surface area contributed by atoms with Gasteiger partial charge in [-0.1, -0.05) is 30.7 Å². The number of rotatable bonds is 14. The molecule has 1 saturated heterocycles. The van der Waals surface area contributed by atoms with Gasteiger partial charge in [-0.15, -0.1) is 11.8 Å². The molecule has 10 heteroatoms. The molecule has 1 fully saturated rings. The number of halogens is 1. The summed E-state index contributed by atoms with van der Waals surface area (Å²) in [6.07, 6.45) is 2.14. The number of anilines is 1. The number of nitrogens with two attached hydrogens (primary N) is 1. The molecule has 0 aliphatic carbocycles. The molecule has 3 aromatic rings. The summed E-state index contributed by atoms with van der Waals surface area (Å²) in [4.78, 5) is 15.7. The Hall–Kier alpha value is -3.08. The molecule has 2 unspecified atom stereocenters. The number of benzene rings is 2. The predicted molar refractivity (Wildman–Crippen MR) is 151 cm³/mol. The highest BCUT2D eigenvalue weighted by molar-refractivity contribution is 8.00. The summed E-state index contributed by atoms with van der Waals surface area (Å²) < 4.78 is 39.8.